The molecule has 1 N–H and O–H groups in total. The van der Waals surface area contributed by atoms with E-state index in [-0.39, 0.29) is 5.92 Å². The van der Waals surface area contributed by atoms with Crippen LogP contribution >= 0.6 is 15.9 Å². The number of likely N-dealkylation sites (tertiary alicyclic amines) is 1. The number of fused-ring (bicyclic) bond motifs is 2. The Labute approximate surface area is 153 Å². The van der Waals surface area contributed by atoms with Crippen LogP contribution in [-0.4, -0.2) is 49.7 Å². The highest BCUT2D eigenvalue weighted by molar-refractivity contribution is 9.10. The second kappa shape index (κ2) is 8.45. The monoisotopic (exact) mass is 394 g/mol. The summed E-state index contributed by atoms with van der Waals surface area (Å²) >= 11 is 3.52. The van der Waals surface area contributed by atoms with Crippen molar-refractivity contribution < 1.29 is 9.53 Å². The highest BCUT2D eigenvalue weighted by Crippen LogP contribution is 2.24. The molecule has 2 saturated heterocycles. The van der Waals surface area contributed by atoms with Crippen molar-refractivity contribution in [1.82, 2.24) is 10.2 Å². The minimum absolute atomic E-state index is 0.00382. The van der Waals surface area contributed by atoms with Crippen LogP contribution in [0.15, 0.2) is 28.7 Å². The largest absolute Gasteiger partial charge is 0.385 e. The van der Waals surface area contributed by atoms with Gasteiger partial charge in [0.15, 0.2) is 0 Å². The molecule has 3 unspecified atom stereocenters. The quantitative estimate of drug-likeness (QED) is 0.805. The van der Waals surface area contributed by atoms with E-state index in [0.29, 0.717) is 24.6 Å². The van der Waals surface area contributed by atoms with Gasteiger partial charge >= 0.3 is 0 Å². The standard InChI is InChI=1S/C19H27BrN2O2/c1-24-10-8-15(11-14-3-2-4-16(20)12-14)19(23)22-9-7-17-5-6-18(13-22)21-17/h2-4,12,15,17-18,21H,5-11,13H2,1H3. The van der Waals surface area contributed by atoms with Crippen molar-refractivity contribution in [3.8, 4) is 0 Å². The Morgan fingerprint density at radius 1 is 1.38 bits per heavy atom. The highest BCUT2D eigenvalue weighted by Gasteiger charge is 2.33. The van der Waals surface area contributed by atoms with E-state index in [4.69, 9.17) is 4.74 Å². The second-order valence-electron chi connectivity index (χ2n) is 7.02. The smallest absolute Gasteiger partial charge is 0.226 e. The summed E-state index contributed by atoms with van der Waals surface area (Å²) in [5.41, 5.74) is 1.20. The van der Waals surface area contributed by atoms with Crippen LogP contribution in [0.3, 0.4) is 0 Å². The Morgan fingerprint density at radius 2 is 2.21 bits per heavy atom. The first-order chi connectivity index (χ1) is 11.7. The molecule has 3 atom stereocenters. The molecule has 1 aromatic rings. The summed E-state index contributed by atoms with van der Waals surface area (Å²) in [5.74, 6) is 0.289. The van der Waals surface area contributed by atoms with Gasteiger partial charge in [-0.3, -0.25) is 4.79 Å². The van der Waals surface area contributed by atoms with Gasteiger partial charge in [0.2, 0.25) is 5.91 Å². The molecule has 2 aliphatic rings. The van der Waals surface area contributed by atoms with Crippen LogP contribution in [0.4, 0.5) is 0 Å². The third-order valence-corrected chi connectivity index (χ3v) is 5.72. The summed E-state index contributed by atoms with van der Waals surface area (Å²) in [7, 11) is 1.70. The van der Waals surface area contributed by atoms with E-state index >= 15 is 0 Å². The minimum Gasteiger partial charge on any atom is -0.385 e. The van der Waals surface area contributed by atoms with Gasteiger partial charge in [-0.15, -0.1) is 0 Å². The number of methoxy groups -OCH3 is 1. The van der Waals surface area contributed by atoms with Crippen molar-refractivity contribution in [3.63, 3.8) is 0 Å². The number of carbonyl (C=O) groups excluding carboxylic acids is 1. The fraction of sp³-hybridized carbons (Fsp3) is 0.632. The maximum Gasteiger partial charge on any atom is 0.226 e. The predicted octanol–water partition coefficient (Wildman–Crippen LogP) is 3.00. The van der Waals surface area contributed by atoms with Crippen LogP contribution < -0.4 is 5.32 Å². The van der Waals surface area contributed by atoms with Gasteiger partial charge in [0.25, 0.3) is 0 Å². The topological polar surface area (TPSA) is 41.6 Å². The molecule has 0 radical (unpaired) electrons. The Hall–Kier alpha value is -0.910. The van der Waals surface area contributed by atoms with Gasteiger partial charge in [0.1, 0.15) is 0 Å². The predicted molar refractivity (Wildman–Crippen MR) is 99.0 cm³/mol. The van der Waals surface area contributed by atoms with E-state index in [2.05, 4.69) is 38.3 Å². The van der Waals surface area contributed by atoms with Crippen molar-refractivity contribution in [2.45, 2.75) is 44.2 Å². The minimum atomic E-state index is -0.00382. The first-order valence-corrected chi connectivity index (χ1v) is 9.73. The molecule has 2 aliphatic heterocycles. The summed E-state index contributed by atoms with van der Waals surface area (Å²) in [6.07, 6.45) is 5.09. The number of carbonyl (C=O) groups is 1. The fourth-order valence-electron chi connectivity index (χ4n) is 3.92. The van der Waals surface area contributed by atoms with Crippen molar-refractivity contribution in [3.05, 3.63) is 34.3 Å². The van der Waals surface area contributed by atoms with E-state index < -0.39 is 0 Å². The number of ether oxygens (including phenoxy) is 1. The zero-order chi connectivity index (χ0) is 16.9. The van der Waals surface area contributed by atoms with Crippen LogP contribution in [0, 0.1) is 5.92 Å². The maximum atomic E-state index is 13.2. The Balaban J connectivity index is 1.68. The van der Waals surface area contributed by atoms with E-state index in [1.807, 2.05) is 12.1 Å². The first-order valence-electron chi connectivity index (χ1n) is 8.94. The normalized spacial score (nSPS) is 24.7. The van der Waals surface area contributed by atoms with Gasteiger partial charge in [-0.25, -0.2) is 0 Å². The van der Waals surface area contributed by atoms with Gasteiger partial charge in [-0.05, 0) is 49.8 Å². The number of nitrogens with one attached hydrogen (secondary N) is 1. The number of amides is 1. The van der Waals surface area contributed by atoms with E-state index in [0.717, 1.165) is 36.8 Å². The van der Waals surface area contributed by atoms with E-state index in [9.17, 15) is 4.79 Å². The number of hydrogen-bond donors (Lipinski definition) is 1. The molecule has 132 valence electrons. The Bertz CT molecular complexity index is 566. The highest BCUT2D eigenvalue weighted by atomic mass is 79.9. The SMILES string of the molecule is COCCC(Cc1cccc(Br)c1)C(=O)N1CCC2CCC(C1)N2. The molecule has 4 nitrogen and oxygen atoms in total. The lowest BCUT2D eigenvalue weighted by Gasteiger charge is -2.28. The zero-order valence-electron chi connectivity index (χ0n) is 14.3. The number of halogens is 1. The number of hydrogen-bond acceptors (Lipinski definition) is 3. The molecular weight excluding hydrogens is 368 g/mol. The zero-order valence-corrected chi connectivity index (χ0v) is 15.9. The lowest BCUT2D eigenvalue weighted by molar-refractivity contribution is -0.136. The Kier molecular flexibility index (Phi) is 6.31. The van der Waals surface area contributed by atoms with Crippen molar-refractivity contribution in [2.24, 2.45) is 5.92 Å². The van der Waals surface area contributed by atoms with Crippen LogP contribution in [0.2, 0.25) is 0 Å². The van der Waals surface area contributed by atoms with Crippen LogP contribution in [-0.2, 0) is 16.0 Å². The molecule has 1 amide bonds. The van der Waals surface area contributed by atoms with Crippen LogP contribution in [0.25, 0.3) is 0 Å². The fourth-order valence-corrected chi connectivity index (χ4v) is 4.37. The Morgan fingerprint density at radius 3 is 3.00 bits per heavy atom. The summed E-state index contributed by atoms with van der Waals surface area (Å²) in [5, 5.41) is 3.65. The second-order valence-corrected chi connectivity index (χ2v) is 7.94. The van der Waals surface area contributed by atoms with Gasteiger partial charge < -0.3 is 15.0 Å². The average Bonchev–Trinajstić information content (AvgIpc) is 2.90. The summed E-state index contributed by atoms with van der Waals surface area (Å²) < 4.78 is 6.32. The van der Waals surface area contributed by atoms with Crippen molar-refractivity contribution >= 4 is 21.8 Å². The molecule has 2 bridgehead atoms. The third-order valence-electron chi connectivity index (χ3n) is 5.23. The van der Waals surface area contributed by atoms with Gasteiger partial charge in [0.05, 0.1) is 0 Å². The summed E-state index contributed by atoms with van der Waals surface area (Å²) in [4.78, 5) is 15.2. The summed E-state index contributed by atoms with van der Waals surface area (Å²) in [6, 6.07) is 9.35. The third kappa shape index (κ3) is 4.58. The molecule has 2 fully saturated rings. The molecule has 0 aromatic heterocycles. The van der Waals surface area contributed by atoms with Crippen LogP contribution in [0.1, 0.15) is 31.2 Å². The molecule has 0 saturated carbocycles. The van der Waals surface area contributed by atoms with Crippen LogP contribution in [0.5, 0.6) is 0 Å². The first kappa shape index (κ1) is 17.9. The van der Waals surface area contributed by atoms with Crippen molar-refractivity contribution in [1.29, 1.82) is 0 Å². The molecular formula is C19H27BrN2O2. The maximum absolute atomic E-state index is 13.2. The molecule has 24 heavy (non-hydrogen) atoms. The number of nitrogens with zero attached hydrogens (tertiary/aromatic N) is 1. The van der Waals surface area contributed by atoms with E-state index in [1.165, 1.54) is 18.4 Å². The van der Waals surface area contributed by atoms with Gasteiger partial charge in [0, 0.05) is 49.3 Å². The van der Waals surface area contributed by atoms with E-state index in [1.54, 1.807) is 7.11 Å². The molecule has 1 aromatic carbocycles. The lowest BCUT2D eigenvalue weighted by atomic mass is 9.94. The molecule has 2 heterocycles. The summed E-state index contributed by atoms with van der Waals surface area (Å²) in [6.45, 7) is 2.37. The molecule has 5 heteroatoms. The molecule has 0 aliphatic carbocycles. The molecule has 0 spiro atoms. The number of benzene rings is 1. The average molecular weight is 395 g/mol. The lowest BCUT2D eigenvalue weighted by Crippen LogP contribution is -2.42. The van der Waals surface area contributed by atoms with Gasteiger partial charge in [-0.2, -0.15) is 0 Å². The number of rotatable bonds is 6. The molecule has 3 rings (SSSR count). The van der Waals surface area contributed by atoms with Crippen molar-refractivity contribution in [2.75, 3.05) is 26.8 Å². The van der Waals surface area contributed by atoms with Gasteiger partial charge in [-0.1, -0.05) is 28.1 Å².